The second kappa shape index (κ2) is 4.97. The Bertz CT molecular complexity index is 458. The van der Waals surface area contributed by atoms with E-state index in [1.807, 2.05) is 0 Å². The molecule has 3 amide bonds. The van der Waals surface area contributed by atoms with Crippen molar-refractivity contribution in [3.05, 3.63) is 25.3 Å². The third-order valence-electron chi connectivity index (χ3n) is 3.53. The lowest BCUT2D eigenvalue weighted by Gasteiger charge is -2.45. The molecule has 3 atom stereocenters. The minimum Gasteiger partial charge on any atom is -0.373 e. The second-order valence-corrected chi connectivity index (χ2v) is 4.66. The number of aliphatic hydroxyl groups is 1. The Hall–Kier alpha value is -1.95. The smallest absolute Gasteiger partial charge is 0.242 e. The molecule has 6 heteroatoms. The molecule has 0 aromatic rings. The van der Waals surface area contributed by atoms with Crippen molar-refractivity contribution in [3.8, 4) is 0 Å². The molecule has 0 radical (unpaired) electrons. The van der Waals surface area contributed by atoms with Crippen molar-refractivity contribution in [2.45, 2.75) is 12.6 Å². The van der Waals surface area contributed by atoms with Crippen LogP contribution in [0.3, 0.4) is 0 Å². The van der Waals surface area contributed by atoms with Gasteiger partial charge in [0.15, 0.2) is 0 Å². The van der Waals surface area contributed by atoms with Crippen LogP contribution < -0.4 is 0 Å². The maximum Gasteiger partial charge on any atom is 0.242 e. The molecule has 0 aliphatic carbocycles. The van der Waals surface area contributed by atoms with Gasteiger partial charge in [0, 0.05) is 13.1 Å². The van der Waals surface area contributed by atoms with Crippen molar-refractivity contribution in [1.29, 1.82) is 0 Å². The molecule has 1 unspecified atom stereocenters. The minimum atomic E-state index is -1.20. The predicted octanol–water partition coefficient (Wildman–Crippen LogP) is -0.490. The molecule has 19 heavy (non-hydrogen) atoms. The van der Waals surface area contributed by atoms with E-state index in [1.54, 1.807) is 0 Å². The third kappa shape index (κ3) is 1.98. The van der Waals surface area contributed by atoms with Gasteiger partial charge >= 0.3 is 0 Å². The van der Waals surface area contributed by atoms with E-state index in [0.717, 1.165) is 9.80 Å². The van der Waals surface area contributed by atoms with Crippen LogP contribution in [0.5, 0.6) is 0 Å². The lowest BCUT2D eigenvalue weighted by atomic mass is 9.81. The van der Waals surface area contributed by atoms with Gasteiger partial charge in [-0.3, -0.25) is 19.3 Å². The topological polar surface area (TPSA) is 77.9 Å². The Labute approximate surface area is 111 Å². The Morgan fingerprint density at radius 1 is 1.11 bits per heavy atom. The molecule has 0 saturated carbocycles. The normalized spacial score (nSPS) is 30.6. The second-order valence-electron chi connectivity index (χ2n) is 4.66. The summed E-state index contributed by atoms with van der Waals surface area (Å²) in [7, 11) is 0. The van der Waals surface area contributed by atoms with Crippen LogP contribution >= 0.6 is 0 Å². The zero-order chi connectivity index (χ0) is 14.2. The van der Waals surface area contributed by atoms with Gasteiger partial charge in [0.2, 0.25) is 17.7 Å². The van der Waals surface area contributed by atoms with Crippen molar-refractivity contribution in [2.24, 2.45) is 11.8 Å². The van der Waals surface area contributed by atoms with Crippen LogP contribution in [0, 0.1) is 11.8 Å². The van der Waals surface area contributed by atoms with Crippen molar-refractivity contribution < 1.29 is 19.5 Å². The molecule has 2 saturated heterocycles. The minimum absolute atomic E-state index is 0.0616. The summed E-state index contributed by atoms with van der Waals surface area (Å²) in [6.07, 6.45) is 1.77. The summed E-state index contributed by atoms with van der Waals surface area (Å²) >= 11 is 0. The standard InChI is InChI=1S/C13H16N2O4/c1-3-5-14-10(16)8-7-9(11(14)17)13(19)15(6-4-2)12(8)18/h3-4,8-10,16H,1-2,5-7H2/t8-,9+,10?/m0/s1. The number of aliphatic hydroxyl groups excluding tert-OH is 1. The number of imide groups is 1. The van der Waals surface area contributed by atoms with Crippen molar-refractivity contribution >= 4 is 17.7 Å². The summed E-state index contributed by atoms with van der Waals surface area (Å²) in [4.78, 5) is 38.5. The maximum absolute atomic E-state index is 12.1. The van der Waals surface area contributed by atoms with E-state index in [0.29, 0.717) is 0 Å². The molecule has 2 fully saturated rings. The van der Waals surface area contributed by atoms with Crippen molar-refractivity contribution in [3.63, 3.8) is 0 Å². The summed E-state index contributed by atoms with van der Waals surface area (Å²) in [6, 6.07) is 0. The highest BCUT2D eigenvalue weighted by atomic mass is 16.3. The van der Waals surface area contributed by atoms with Crippen LogP contribution in [0.15, 0.2) is 25.3 Å². The van der Waals surface area contributed by atoms with Gasteiger partial charge in [-0.2, -0.15) is 0 Å². The van der Waals surface area contributed by atoms with E-state index >= 15 is 0 Å². The van der Waals surface area contributed by atoms with Crippen molar-refractivity contribution in [2.75, 3.05) is 13.1 Å². The van der Waals surface area contributed by atoms with Gasteiger partial charge in [0.05, 0.1) is 5.92 Å². The number of fused-ring (bicyclic) bond motifs is 2. The van der Waals surface area contributed by atoms with Crippen LogP contribution in [-0.4, -0.2) is 51.9 Å². The molecular formula is C13H16N2O4. The number of hydrogen-bond donors (Lipinski definition) is 1. The molecule has 2 heterocycles. The van der Waals surface area contributed by atoms with Gasteiger partial charge in [-0.05, 0) is 6.42 Å². The molecule has 1 N–H and O–H groups in total. The first kappa shape index (κ1) is 13.5. The Morgan fingerprint density at radius 2 is 1.74 bits per heavy atom. The van der Waals surface area contributed by atoms with Gasteiger partial charge in [0.25, 0.3) is 0 Å². The van der Waals surface area contributed by atoms with Crippen LogP contribution in [0.4, 0.5) is 0 Å². The summed E-state index contributed by atoms with van der Waals surface area (Å²) in [6.45, 7) is 7.17. The zero-order valence-corrected chi connectivity index (χ0v) is 10.5. The highest BCUT2D eigenvalue weighted by Gasteiger charge is 2.53. The summed E-state index contributed by atoms with van der Waals surface area (Å²) < 4.78 is 0. The molecule has 102 valence electrons. The molecular weight excluding hydrogens is 248 g/mol. The Balaban J connectivity index is 2.34. The predicted molar refractivity (Wildman–Crippen MR) is 66.4 cm³/mol. The molecule has 2 bridgehead atoms. The van der Waals surface area contributed by atoms with Gasteiger partial charge in [-0.15, -0.1) is 13.2 Å². The number of hydrogen-bond acceptors (Lipinski definition) is 4. The quantitative estimate of drug-likeness (QED) is 0.422. The highest BCUT2D eigenvalue weighted by Crippen LogP contribution is 2.34. The van der Waals surface area contributed by atoms with E-state index in [-0.39, 0.29) is 19.5 Å². The molecule has 6 nitrogen and oxygen atoms in total. The van der Waals surface area contributed by atoms with Gasteiger partial charge in [0.1, 0.15) is 12.1 Å². The fourth-order valence-electron chi connectivity index (χ4n) is 2.60. The fraction of sp³-hybridized carbons (Fsp3) is 0.462. The van der Waals surface area contributed by atoms with E-state index in [9.17, 15) is 19.5 Å². The maximum atomic E-state index is 12.1. The van der Waals surface area contributed by atoms with Crippen LogP contribution in [0.25, 0.3) is 0 Å². The SMILES string of the molecule is C=CCN1C(=O)[C@@H]2C[C@H](C1=O)C(O)N(CC=C)C2=O. The molecule has 2 aliphatic rings. The van der Waals surface area contributed by atoms with Gasteiger partial charge in [-0.25, -0.2) is 0 Å². The van der Waals surface area contributed by atoms with E-state index in [2.05, 4.69) is 13.2 Å². The first-order valence-electron chi connectivity index (χ1n) is 6.08. The average Bonchev–Trinajstić information content (AvgIpc) is 2.39. The first-order valence-corrected chi connectivity index (χ1v) is 6.08. The van der Waals surface area contributed by atoms with Crippen LogP contribution in [-0.2, 0) is 14.4 Å². The molecule has 0 aromatic heterocycles. The molecule has 2 rings (SSSR count). The number of piperidine rings is 2. The highest BCUT2D eigenvalue weighted by molar-refractivity contribution is 6.11. The van der Waals surface area contributed by atoms with Gasteiger partial charge in [-0.1, -0.05) is 12.2 Å². The molecule has 0 spiro atoms. The largest absolute Gasteiger partial charge is 0.373 e. The molecule has 0 aromatic carbocycles. The Kier molecular flexibility index (Phi) is 3.53. The zero-order valence-electron chi connectivity index (χ0n) is 10.5. The fourth-order valence-corrected chi connectivity index (χ4v) is 2.60. The number of nitrogens with zero attached hydrogens (tertiary/aromatic N) is 2. The lowest BCUT2D eigenvalue weighted by molar-refractivity contribution is -0.181. The monoisotopic (exact) mass is 264 g/mol. The lowest BCUT2D eigenvalue weighted by Crippen LogP contribution is -2.64. The van der Waals surface area contributed by atoms with Gasteiger partial charge < -0.3 is 10.0 Å². The van der Waals surface area contributed by atoms with E-state index in [4.69, 9.17) is 0 Å². The van der Waals surface area contributed by atoms with E-state index < -0.39 is 35.8 Å². The first-order chi connectivity index (χ1) is 9.02. The van der Waals surface area contributed by atoms with Crippen molar-refractivity contribution in [1.82, 2.24) is 9.80 Å². The average molecular weight is 264 g/mol. The number of carbonyl (C=O) groups is 3. The van der Waals surface area contributed by atoms with Crippen LogP contribution in [0.2, 0.25) is 0 Å². The summed E-state index contributed by atoms with van der Waals surface area (Å²) in [5.74, 6) is -3.04. The number of rotatable bonds is 4. The summed E-state index contributed by atoms with van der Waals surface area (Å²) in [5, 5.41) is 10.1. The Morgan fingerprint density at radius 3 is 2.32 bits per heavy atom. The van der Waals surface area contributed by atoms with Crippen LogP contribution in [0.1, 0.15) is 6.42 Å². The number of amides is 3. The van der Waals surface area contributed by atoms with E-state index in [1.165, 1.54) is 12.2 Å². The molecule has 2 aliphatic heterocycles. The third-order valence-corrected chi connectivity index (χ3v) is 3.53. The number of likely N-dealkylation sites (tertiary alicyclic amines) is 2. The summed E-state index contributed by atoms with van der Waals surface area (Å²) in [5.41, 5.74) is 0. The number of carbonyl (C=O) groups excluding carboxylic acids is 3.